The first-order valence-electron chi connectivity index (χ1n) is 6.40. The van der Waals surface area contributed by atoms with Gasteiger partial charge in [-0.25, -0.2) is 4.39 Å². The van der Waals surface area contributed by atoms with Gasteiger partial charge in [0.25, 0.3) is 0 Å². The maximum absolute atomic E-state index is 13.3. The van der Waals surface area contributed by atoms with Gasteiger partial charge in [-0.15, -0.1) is 0 Å². The molecule has 0 saturated carbocycles. The molecule has 19 heavy (non-hydrogen) atoms. The summed E-state index contributed by atoms with van der Waals surface area (Å²) in [6, 6.07) is 14.5. The van der Waals surface area contributed by atoms with Crippen LogP contribution in [0.5, 0.6) is 5.75 Å². The molecular weight excluding hydrogens is 241 g/mol. The van der Waals surface area contributed by atoms with E-state index in [2.05, 4.69) is 5.32 Å². The van der Waals surface area contributed by atoms with Gasteiger partial charge in [-0.2, -0.15) is 0 Å². The number of nitrogens with one attached hydrogen (secondary N) is 1. The summed E-state index contributed by atoms with van der Waals surface area (Å²) in [5.41, 5.74) is 1.99. The summed E-state index contributed by atoms with van der Waals surface area (Å²) in [5.74, 6) is 0.629. The van der Waals surface area contributed by atoms with Crippen LogP contribution in [0.4, 0.5) is 4.39 Å². The van der Waals surface area contributed by atoms with Crippen LogP contribution in [0, 0.1) is 5.82 Å². The van der Waals surface area contributed by atoms with Crippen LogP contribution < -0.4 is 10.1 Å². The van der Waals surface area contributed by atoms with Crippen molar-refractivity contribution in [3.8, 4) is 5.75 Å². The lowest BCUT2D eigenvalue weighted by Gasteiger charge is -2.17. The molecule has 2 aromatic carbocycles. The second kappa shape index (κ2) is 6.34. The molecule has 0 amide bonds. The van der Waals surface area contributed by atoms with E-state index in [0.29, 0.717) is 6.61 Å². The number of halogens is 1. The summed E-state index contributed by atoms with van der Waals surface area (Å²) in [6.07, 6.45) is 0. The Morgan fingerprint density at radius 1 is 1.11 bits per heavy atom. The molecule has 0 aliphatic rings. The van der Waals surface area contributed by atoms with Gasteiger partial charge < -0.3 is 10.1 Å². The SMILES string of the molecule is CCOc1ccc(C(NC)c2cccc(F)c2)cc1. The number of benzene rings is 2. The predicted octanol–water partition coefficient (Wildman–Crippen LogP) is 3.53. The van der Waals surface area contributed by atoms with Crippen molar-refractivity contribution in [3.63, 3.8) is 0 Å². The third kappa shape index (κ3) is 3.32. The third-order valence-corrected chi connectivity index (χ3v) is 3.00. The van der Waals surface area contributed by atoms with E-state index in [0.717, 1.165) is 16.9 Å². The first-order chi connectivity index (χ1) is 9.24. The minimum Gasteiger partial charge on any atom is -0.494 e. The molecule has 0 spiro atoms. The van der Waals surface area contributed by atoms with Crippen molar-refractivity contribution >= 4 is 0 Å². The Bertz CT molecular complexity index is 525. The smallest absolute Gasteiger partial charge is 0.123 e. The average molecular weight is 259 g/mol. The van der Waals surface area contributed by atoms with Crippen molar-refractivity contribution in [2.24, 2.45) is 0 Å². The topological polar surface area (TPSA) is 21.3 Å². The van der Waals surface area contributed by atoms with E-state index in [4.69, 9.17) is 4.74 Å². The quantitative estimate of drug-likeness (QED) is 0.887. The van der Waals surface area contributed by atoms with Gasteiger partial charge in [-0.1, -0.05) is 24.3 Å². The molecule has 1 N–H and O–H groups in total. The number of hydrogen-bond acceptors (Lipinski definition) is 2. The highest BCUT2D eigenvalue weighted by Gasteiger charge is 2.12. The summed E-state index contributed by atoms with van der Waals surface area (Å²) >= 11 is 0. The molecule has 0 bridgehead atoms. The molecule has 0 heterocycles. The van der Waals surface area contributed by atoms with Crippen molar-refractivity contribution < 1.29 is 9.13 Å². The molecule has 2 rings (SSSR count). The summed E-state index contributed by atoms with van der Waals surface area (Å²) in [6.45, 7) is 2.61. The summed E-state index contributed by atoms with van der Waals surface area (Å²) in [5, 5.41) is 3.21. The van der Waals surface area contributed by atoms with Gasteiger partial charge in [-0.05, 0) is 49.4 Å². The molecule has 0 aliphatic heterocycles. The third-order valence-electron chi connectivity index (χ3n) is 3.00. The van der Waals surface area contributed by atoms with Gasteiger partial charge in [-0.3, -0.25) is 0 Å². The highest BCUT2D eigenvalue weighted by atomic mass is 19.1. The Morgan fingerprint density at radius 3 is 2.42 bits per heavy atom. The van der Waals surface area contributed by atoms with Gasteiger partial charge in [0.05, 0.1) is 12.6 Å². The normalized spacial score (nSPS) is 12.2. The Balaban J connectivity index is 2.26. The Hall–Kier alpha value is -1.87. The van der Waals surface area contributed by atoms with E-state index in [1.807, 2.05) is 44.3 Å². The Kier molecular flexibility index (Phi) is 4.53. The zero-order valence-electron chi connectivity index (χ0n) is 11.2. The fourth-order valence-corrected chi connectivity index (χ4v) is 2.14. The molecule has 0 aromatic heterocycles. The Morgan fingerprint density at radius 2 is 1.84 bits per heavy atom. The summed E-state index contributed by atoms with van der Waals surface area (Å²) < 4.78 is 18.7. The van der Waals surface area contributed by atoms with Gasteiger partial charge in [0.1, 0.15) is 11.6 Å². The largest absolute Gasteiger partial charge is 0.494 e. The molecule has 0 radical (unpaired) electrons. The molecule has 0 fully saturated rings. The van der Waals surface area contributed by atoms with Crippen LogP contribution in [0.3, 0.4) is 0 Å². The second-order valence-electron chi connectivity index (χ2n) is 4.28. The maximum atomic E-state index is 13.3. The van der Waals surface area contributed by atoms with Gasteiger partial charge >= 0.3 is 0 Å². The van der Waals surface area contributed by atoms with Crippen molar-refractivity contribution in [2.75, 3.05) is 13.7 Å². The lowest BCUT2D eigenvalue weighted by atomic mass is 9.99. The van der Waals surface area contributed by atoms with Crippen LogP contribution in [0.25, 0.3) is 0 Å². The lowest BCUT2D eigenvalue weighted by molar-refractivity contribution is 0.340. The van der Waals surface area contributed by atoms with Crippen LogP contribution in [0.2, 0.25) is 0 Å². The fraction of sp³-hybridized carbons (Fsp3) is 0.250. The molecule has 2 aromatic rings. The van der Waals surface area contributed by atoms with Gasteiger partial charge in [0.15, 0.2) is 0 Å². The van der Waals surface area contributed by atoms with Crippen molar-refractivity contribution in [1.29, 1.82) is 0 Å². The van der Waals surface area contributed by atoms with Crippen LogP contribution in [-0.2, 0) is 0 Å². The minimum atomic E-state index is -0.219. The number of ether oxygens (including phenoxy) is 1. The molecule has 100 valence electrons. The van der Waals surface area contributed by atoms with Crippen LogP contribution in [0.1, 0.15) is 24.1 Å². The molecule has 1 unspecified atom stereocenters. The average Bonchev–Trinajstić information content (AvgIpc) is 2.42. The van der Waals surface area contributed by atoms with E-state index < -0.39 is 0 Å². The van der Waals surface area contributed by atoms with Crippen LogP contribution in [0.15, 0.2) is 48.5 Å². The highest BCUT2D eigenvalue weighted by Crippen LogP contribution is 2.24. The number of rotatable bonds is 5. The zero-order chi connectivity index (χ0) is 13.7. The zero-order valence-corrected chi connectivity index (χ0v) is 11.2. The van der Waals surface area contributed by atoms with E-state index in [9.17, 15) is 4.39 Å². The van der Waals surface area contributed by atoms with E-state index >= 15 is 0 Å². The lowest BCUT2D eigenvalue weighted by Crippen LogP contribution is -2.17. The first kappa shape index (κ1) is 13.6. The van der Waals surface area contributed by atoms with Gasteiger partial charge in [0, 0.05) is 0 Å². The monoisotopic (exact) mass is 259 g/mol. The minimum absolute atomic E-state index is 0.0219. The first-order valence-corrected chi connectivity index (χ1v) is 6.40. The van der Waals surface area contributed by atoms with Crippen LogP contribution >= 0.6 is 0 Å². The standard InChI is InChI=1S/C16H18FNO/c1-3-19-15-9-7-12(8-10-15)16(18-2)13-5-4-6-14(17)11-13/h4-11,16,18H,3H2,1-2H3. The van der Waals surface area contributed by atoms with E-state index in [1.165, 1.54) is 6.07 Å². The molecule has 3 heteroatoms. The predicted molar refractivity (Wildman–Crippen MR) is 74.9 cm³/mol. The molecule has 0 aliphatic carbocycles. The Labute approximate surface area is 113 Å². The summed E-state index contributed by atoms with van der Waals surface area (Å²) in [7, 11) is 1.87. The summed E-state index contributed by atoms with van der Waals surface area (Å²) in [4.78, 5) is 0. The highest BCUT2D eigenvalue weighted by molar-refractivity contribution is 5.35. The second-order valence-corrected chi connectivity index (χ2v) is 4.28. The molecule has 0 saturated heterocycles. The maximum Gasteiger partial charge on any atom is 0.123 e. The molecule has 1 atom stereocenters. The van der Waals surface area contributed by atoms with Gasteiger partial charge in [0.2, 0.25) is 0 Å². The number of hydrogen-bond donors (Lipinski definition) is 1. The van der Waals surface area contributed by atoms with Crippen LogP contribution in [-0.4, -0.2) is 13.7 Å². The van der Waals surface area contributed by atoms with Crippen molar-refractivity contribution in [1.82, 2.24) is 5.32 Å². The van der Waals surface area contributed by atoms with E-state index in [-0.39, 0.29) is 11.9 Å². The van der Waals surface area contributed by atoms with E-state index in [1.54, 1.807) is 12.1 Å². The fourth-order valence-electron chi connectivity index (χ4n) is 2.14. The molecule has 2 nitrogen and oxygen atoms in total. The van der Waals surface area contributed by atoms with Crippen molar-refractivity contribution in [2.45, 2.75) is 13.0 Å². The van der Waals surface area contributed by atoms with Crippen molar-refractivity contribution in [3.05, 3.63) is 65.5 Å². The molecular formula is C16H18FNO.